The lowest BCUT2D eigenvalue weighted by molar-refractivity contribution is 0.0995. The van der Waals surface area contributed by atoms with Gasteiger partial charge in [-0.2, -0.15) is 0 Å². The molecule has 2 aromatic heterocycles. The van der Waals surface area contributed by atoms with Crippen LogP contribution in [0.2, 0.25) is 0 Å². The van der Waals surface area contributed by atoms with Crippen LogP contribution in [0, 0.1) is 12.7 Å². The van der Waals surface area contributed by atoms with Crippen LogP contribution in [0.3, 0.4) is 0 Å². The molecule has 30 heavy (non-hydrogen) atoms. The van der Waals surface area contributed by atoms with Crippen molar-refractivity contribution in [3.63, 3.8) is 0 Å². The first-order valence-electron chi connectivity index (χ1n) is 9.12. The second-order valence-corrected chi connectivity index (χ2v) is 6.52. The topological polar surface area (TPSA) is 84.5 Å². The normalized spacial score (nSPS) is 10.6. The molecule has 4 rings (SSSR count). The van der Waals surface area contributed by atoms with Gasteiger partial charge in [0.25, 0.3) is 11.8 Å². The van der Waals surface area contributed by atoms with Crippen LogP contribution in [0.25, 0.3) is 11.1 Å². The molecule has 6 nitrogen and oxygen atoms in total. The van der Waals surface area contributed by atoms with E-state index in [2.05, 4.69) is 10.6 Å². The summed E-state index contributed by atoms with van der Waals surface area (Å²) < 4.78 is 24.7. The number of carbonyl (C=O) groups excluding carboxylic acids is 2. The SMILES string of the molecule is Cc1occc1C(=O)Nc1cc(NC(=O)c2occc2-c2ccccc2)ccc1F. The maximum atomic E-state index is 14.2. The first kappa shape index (κ1) is 19.2. The summed E-state index contributed by atoms with van der Waals surface area (Å²) >= 11 is 0. The highest BCUT2D eigenvalue weighted by molar-refractivity contribution is 6.08. The minimum atomic E-state index is -0.634. The molecule has 0 saturated heterocycles. The van der Waals surface area contributed by atoms with E-state index in [1.165, 1.54) is 30.7 Å². The van der Waals surface area contributed by atoms with Crippen molar-refractivity contribution in [1.29, 1.82) is 0 Å². The lowest BCUT2D eigenvalue weighted by Crippen LogP contribution is -2.15. The van der Waals surface area contributed by atoms with E-state index in [9.17, 15) is 14.0 Å². The molecule has 4 aromatic rings. The smallest absolute Gasteiger partial charge is 0.292 e. The van der Waals surface area contributed by atoms with E-state index in [0.717, 1.165) is 11.6 Å². The van der Waals surface area contributed by atoms with Crippen LogP contribution in [-0.4, -0.2) is 11.8 Å². The molecular weight excluding hydrogens is 387 g/mol. The number of hydrogen-bond donors (Lipinski definition) is 2. The van der Waals surface area contributed by atoms with Crippen molar-refractivity contribution >= 4 is 23.2 Å². The van der Waals surface area contributed by atoms with Crippen LogP contribution in [0.15, 0.2) is 82.0 Å². The van der Waals surface area contributed by atoms with E-state index in [-0.39, 0.29) is 11.4 Å². The zero-order valence-corrected chi connectivity index (χ0v) is 15.9. The highest BCUT2D eigenvalue weighted by Gasteiger charge is 2.18. The molecule has 0 fully saturated rings. The first-order chi connectivity index (χ1) is 14.5. The van der Waals surface area contributed by atoms with Gasteiger partial charge in [0.15, 0.2) is 5.76 Å². The van der Waals surface area contributed by atoms with E-state index in [0.29, 0.717) is 22.6 Å². The Bertz CT molecular complexity index is 1210. The molecule has 150 valence electrons. The van der Waals surface area contributed by atoms with E-state index in [4.69, 9.17) is 8.83 Å². The Hall–Kier alpha value is -4.13. The second-order valence-electron chi connectivity index (χ2n) is 6.52. The Morgan fingerprint density at radius 2 is 1.63 bits per heavy atom. The number of anilines is 2. The average Bonchev–Trinajstić information content (AvgIpc) is 3.40. The van der Waals surface area contributed by atoms with Gasteiger partial charge in [0.2, 0.25) is 0 Å². The Kier molecular flexibility index (Phi) is 5.17. The summed E-state index contributed by atoms with van der Waals surface area (Å²) in [6.07, 6.45) is 2.81. The van der Waals surface area contributed by atoms with Crippen LogP contribution in [0.1, 0.15) is 26.7 Å². The molecule has 0 aliphatic heterocycles. The van der Waals surface area contributed by atoms with Crippen LogP contribution in [0.5, 0.6) is 0 Å². The van der Waals surface area contributed by atoms with Gasteiger partial charge in [-0.3, -0.25) is 9.59 Å². The summed E-state index contributed by atoms with van der Waals surface area (Å²) in [4.78, 5) is 25.1. The van der Waals surface area contributed by atoms with Crippen molar-refractivity contribution in [2.45, 2.75) is 6.92 Å². The molecule has 0 radical (unpaired) electrons. The summed E-state index contributed by atoms with van der Waals surface area (Å²) in [5, 5.41) is 5.16. The van der Waals surface area contributed by atoms with Crippen LogP contribution in [-0.2, 0) is 0 Å². The van der Waals surface area contributed by atoms with E-state index < -0.39 is 17.6 Å². The number of rotatable bonds is 5. The van der Waals surface area contributed by atoms with Crippen LogP contribution < -0.4 is 10.6 Å². The molecule has 2 heterocycles. The molecule has 0 bridgehead atoms. The Balaban J connectivity index is 1.54. The molecule has 2 N–H and O–H groups in total. The maximum absolute atomic E-state index is 14.2. The number of aryl methyl sites for hydroxylation is 1. The fourth-order valence-corrected chi connectivity index (χ4v) is 3.03. The van der Waals surface area contributed by atoms with E-state index in [1.807, 2.05) is 30.3 Å². The van der Waals surface area contributed by atoms with Crippen molar-refractivity contribution < 1.29 is 22.8 Å². The molecule has 2 aromatic carbocycles. The molecule has 0 saturated carbocycles. The molecule has 0 unspecified atom stereocenters. The number of halogens is 1. The molecule has 0 aliphatic carbocycles. The van der Waals surface area contributed by atoms with Crippen molar-refractivity contribution in [2.75, 3.05) is 10.6 Å². The van der Waals surface area contributed by atoms with Gasteiger partial charge in [-0.05, 0) is 42.8 Å². The Labute approximate surface area is 171 Å². The Morgan fingerprint density at radius 3 is 2.37 bits per heavy atom. The van der Waals surface area contributed by atoms with Crippen molar-refractivity contribution in [3.05, 3.63) is 96.1 Å². The molecule has 7 heteroatoms. The summed E-state index contributed by atoms with van der Waals surface area (Å²) in [5.41, 5.74) is 2.00. The predicted octanol–water partition coefficient (Wildman–Crippen LogP) is 5.49. The Morgan fingerprint density at radius 1 is 0.867 bits per heavy atom. The molecule has 0 aliphatic rings. The molecular formula is C23H17FN2O4. The van der Waals surface area contributed by atoms with E-state index in [1.54, 1.807) is 13.0 Å². The number of amides is 2. The van der Waals surface area contributed by atoms with Gasteiger partial charge in [0.05, 0.1) is 23.8 Å². The van der Waals surface area contributed by atoms with Crippen molar-refractivity contribution in [1.82, 2.24) is 0 Å². The number of benzene rings is 2. The summed E-state index contributed by atoms with van der Waals surface area (Å²) in [6.45, 7) is 1.63. The van der Waals surface area contributed by atoms with E-state index >= 15 is 0 Å². The van der Waals surface area contributed by atoms with Gasteiger partial charge < -0.3 is 19.5 Å². The quantitative estimate of drug-likeness (QED) is 0.461. The second kappa shape index (κ2) is 8.08. The number of carbonyl (C=O) groups is 2. The van der Waals surface area contributed by atoms with Gasteiger partial charge in [-0.25, -0.2) is 4.39 Å². The largest absolute Gasteiger partial charge is 0.469 e. The fraction of sp³-hybridized carbons (Fsp3) is 0.0435. The highest BCUT2D eigenvalue weighted by atomic mass is 19.1. The summed E-state index contributed by atoms with van der Waals surface area (Å²) in [7, 11) is 0. The lowest BCUT2D eigenvalue weighted by atomic mass is 10.1. The minimum absolute atomic E-state index is 0.0684. The summed E-state index contributed by atoms with van der Waals surface area (Å²) in [5.74, 6) is -1.09. The first-order valence-corrected chi connectivity index (χ1v) is 9.12. The molecule has 2 amide bonds. The van der Waals surface area contributed by atoms with Crippen molar-refractivity contribution in [3.8, 4) is 11.1 Å². The minimum Gasteiger partial charge on any atom is -0.469 e. The standard InChI is InChI=1S/C23H17FN2O4/c1-14-17(9-11-29-14)22(27)26-20-13-16(7-8-19(20)24)25-23(28)21-18(10-12-30-21)15-5-3-2-4-6-15/h2-13H,1H3,(H,25,28)(H,26,27). The average molecular weight is 404 g/mol. The highest BCUT2D eigenvalue weighted by Crippen LogP contribution is 2.27. The monoisotopic (exact) mass is 404 g/mol. The molecule has 0 atom stereocenters. The van der Waals surface area contributed by atoms with Gasteiger partial charge in [0.1, 0.15) is 11.6 Å². The zero-order valence-electron chi connectivity index (χ0n) is 15.9. The van der Waals surface area contributed by atoms with Gasteiger partial charge in [-0.1, -0.05) is 30.3 Å². The molecule has 0 spiro atoms. The zero-order chi connectivity index (χ0) is 21.1. The maximum Gasteiger partial charge on any atom is 0.292 e. The predicted molar refractivity (Wildman–Crippen MR) is 110 cm³/mol. The number of nitrogens with one attached hydrogen (secondary N) is 2. The number of furan rings is 2. The third-order valence-electron chi connectivity index (χ3n) is 4.53. The number of hydrogen-bond acceptors (Lipinski definition) is 4. The van der Waals surface area contributed by atoms with Crippen LogP contribution >= 0.6 is 0 Å². The van der Waals surface area contributed by atoms with Gasteiger partial charge in [-0.15, -0.1) is 0 Å². The fourth-order valence-electron chi connectivity index (χ4n) is 3.03. The third-order valence-corrected chi connectivity index (χ3v) is 4.53. The summed E-state index contributed by atoms with van der Waals surface area (Å²) in [6, 6.07) is 16.4. The lowest BCUT2D eigenvalue weighted by Gasteiger charge is -2.10. The third kappa shape index (κ3) is 3.86. The van der Waals surface area contributed by atoms with Gasteiger partial charge >= 0.3 is 0 Å². The van der Waals surface area contributed by atoms with Crippen LogP contribution in [0.4, 0.5) is 15.8 Å². The van der Waals surface area contributed by atoms with Gasteiger partial charge in [0, 0.05) is 11.3 Å². The van der Waals surface area contributed by atoms with Crippen molar-refractivity contribution in [2.24, 2.45) is 0 Å².